The van der Waals surface area contributed by atoms with Crippen LogP contribution in [0.4, 0.5) is 13.2 Å². The molecule has 2 atom stereocenters. The van der Waals surface area contributed by atoms with Crippen LogP contribution in [0.5, 0.6) is 0 Å². The lowest BCUT2D eigenvalue weighted by atomic mass is 9.91. The van der Waals surface area contributed by atoms with Crippen LogP contribution in [0.15, 0.2) is 0 Å². The van der Waals surface area contributed by atoms with E-state index in [4.69, 9.17) is 5.11 Å². The van der Waals surface area contributed by atoms with Crippen LogP contribution >= 0.6 is 11.8 Å². The van der Waals surface area contributed by atoms with E-state index in [0.29, 0.717) is 6.54 Å². The SMILES string of the molecule is CC1CCCN(CCSC(F)(F)F)C1C(=O)O. The number of rotatable bonds is 4. The zero-order valence-electron chi connectivity index (χ0n) is 9.54. The second-order valence-corrected chi connectivity index (χ2v) is 5.39. The van der Waals surface area contributed by atoms with Crippen LogP contribution < -0.4 is 0 Å². The van der Waals surface area contributed by atoms with Gasteiger partial charge < -0.3 is 5.11 Å². The van der Waals surface area contributed by atoms with E-state index in [1.165, 1.54) is 0 Å². The predicted molar refractivity (Wildman–Crippen MR) is 59.9 cm³/mol. The smallest absolute Gasteiger partial charge is 0.441 e. The van der Waals surface area contributed by atoms with Gasteiger partial charge in [0.2, 0.25) is 0 Å². The van der Waals surface area contributed by atoms with E-state index in [1.54, 1.807) is 4.90 Å². The predicted octanol–water partition coefficient (Wildman–Crippen LogP) is 2.42. The fourth-order valence-corrected chi connectivity index (χ4v) is 2.76. The molecule has 1 rings (SSSR count). The molecule has 1 aliphatic rings. The monoisotopic (exact) mass is 271 g/mol. The molecule has 0 aliphatic carbocycles. The molecule has 0 bridgehead atoms. The highest BCUT2D eigenvalue weighted by atomic mass is 32.2. The molecule has 1 aliphatic heterocycles. The van der Waals surface area contributed by atoms with Crippen molar-refractivity contribution in [1.82, 2.24) is 4.90 Å². The molecule has 17 heavy (non-hydrogen) atoms. The summed E-state index contributed by atoms with van der Waals surface area (Å²) in [6, 6.07) is -0.641. The molecule has 1 fully saturated rings. The molecule has 0 spiro atoms. The number of hydrogen-bond donors (Lipinski definition) is 1. The second kappa shape index (κ2) is 5.95. The number of likely N-dealkylation sites (tertiary alicyclic amines) is 1. The van der Waals surface area contributed by atoms with E-state index < -0.39 is 17.5 Å². The quantitative estimate of drug-likeness (QED) is 0.852. The topological polar surface area (TPSA) is 40.5 Å². The first-order valence-corrected chi connectivity index (χ1v) is 6.47. The Morgan fingerprint density at radius 1 is 1.53 bits per heavy atom. The molecule has 1 heterocycles. The fourth-order valence-electron chi connectivity index (χ4n) is 2.20. The van der Waals surface area contributed by atoms with Gasteiger partial charge in [-0.25, -0.2) is 0 Å². The van der Waals surface area contributed by atoms with E-state index in [2.05, 4.69) is 0 Å². The van der Waals surface area contributed by atoms with Crippen molar-refractivity contribution in [3.05, 3.63) is 0 Å². The molecule has 0 amide bonds. The van der Waals surface area contributed by atoms with Gasteiger partial charge in [-0.3, -0.25) is 9.69 Å². The highest BCUT2D eigenvalue weighted by molar-refractivity contribution is 8.00. The minimum absolute atomic E-state index is 0.00265. The first kappa shape index (κ1) is 14.6. The number of hydrogen-bond acceptors (Lipinski definition) is 3. The molecule has 3 nitrogen and oxygen atoms in total. The highest BCUT2D eigenvalue weighted by Crippen LogP contribution is 2.31. The van der Waals surface area contributed by atoms with Crippen LogP contribution in [0.25, 0.3) is 0 Å². The van der Waals surface area contributed by atoms with Gasteiger partial charge in [-0.2, -0.15) is 13.2 Å². The number of thioether (sulfide) groups is 1. The standard InChI is InChI=1S/C10H16F3NO2S/c1-7-3-2-4-14(8(7)9(15)16)5-6-17-10(11,12)13/h7-8H,2-6H2,1H3,(H,15,16). The molecule has 0 saturated carbocycles. The zero-order chi connectivity index (χ0) is 13.1. The average Bonchev–Trinajstić information content (AvgIpc) is 2.14. The number of carboxylic acid groups (broad SMARTS) is 1. The van der Waals surface area contributed by atoms with Crippen LogP contribution in [0.3, 0.4) is 0 Å². The lowest BCUT2D eigenvalue weighted by molar-refractivity contribution is -0.146. The summed E-state index contributed by atoms with van der Waals surface area (Å²) in [4.78, 5) is 12.7. The largest absolute Gasteiger partial charge is 0.480 e. The third kappa shape index (κ3) is 4.75. The summed E-state index contributed by atoms with van der Waals surface area (Å²) in [5, 5.41) is 9.07. The lowest BCUT2D eigenvalue weighted by Crippen LogP contribution is -2.50. The van der Waals surface area contributed by atoms with Crippen molar-refractivity contribution in [2.75, 3.05) is 18.8 Å². The van der Waals surface area contributed by atoms with Gasteiger partial charge in [0.05, 0.1) is 0 Å². The minimum atomic E-state index is -4.24. The van der Waals surface area contributed by atoms with Crippen molar-refractivity contribution >= 4 is 17.7 Å². The van der Waals surface area contributed by atoms with E-state index in [9.17, 15) is 18.0 Å². The second-order valence-electron chi connectivity index (χ2n) is 4.23. The summed E-state index contributed by atoms with van der Waals surface area (Å²) in [5.74, 6) is -1.05. The van der Waals surface area contributed by atoms with E-state index >= 15 is 0 Å². The Bertz CT molecular complexity index is 273. The van der Waals surface area contributed by atoms with Gasteiger partial charge in [0.1, 0.15) is 6.04 Å². The molecular formula is C10H16F3NO2S. The van der Waals surface area contributed by atoms with Gasteiger partial charge >= 0.3 is 11.5 Å². The zero-order valence-corrected chi connectivity index (χ0v) is 10.4. The Labute approximate surface area is 102 Å². The molecule has 0 radical (unpaired) electrons. The summed E-state index contributed by atoms with van der Waals surface area (Å²) < 4.78 is 35.9. The molecule has 2 unspecified atom stereocenters. The maximum Gasteiger partial charge on any atom is 0.441 e. The van der Waals surface area contributed by atoms with Crippen molar-refractivity contribution in [3.8, 4) is 0 Å². The van der Waals surface area contributed by atoms with Gasteiger partial charge in [-0.1, -0.05) is 6.92 Å². The van der Waals surface area contributed by atoms with Gasteiger partial charge in [0.15, 0.2) is 0 Å². The molecule has 1 saturated heterocycles. The number of alkyl halides is 3. The Morgan fingerprint density at radius 2 is 2.18 bits per heavy atom. The molecule has 0 aromatic rings. The highest BCUT2D eigenvalue weighted by Gasteiger charge is 2.35. The summed E-state index contributed by atoms with van der Waals surface area (Å²) >= 11 is -0.0924. The Morgan fingerprint density at radius 3 is 2.71 bits per heavy atom. The molecule has 0 aromatic carbocycles. The average molecular weight is 271 g/mol. The van der Waals surface area contributed by atoms with Crippen molar-refractivity contribution in [1.29, 1.82) is 0 Å². The van der Waals surface area contributed by atoms with Crippen LogP contribution in [-0.4, -0.2) is 46.4 Å². The number of halogens is 3. The van der Waals surface area contributed by atoms with Gasteiger partial charge in [0, 0.05) is 12.3 Å². The number of carbonyl (C=O) groups is 1. The van der Waals surface area contributed by atoms with Crippen LogP contribution in [0.2, 0.25) is 0 Å². The third-order valence-corrected chi connectivity index (χ3v) is 3.65. The summed E-state index contributed by atoms with van der Waals surface area (Å²) in [5.41, 5.74) is -4.24. The number of aliphatic carboxylic acids is 1. The Kier molecular flexibility index (Phi) is 5.12. The van der Waals surface area contributed by atoms with Crippen LogP contribution in [0, 0.1) is 5.92 Å². The normalized spacial score (nSPS) is 27.1. The Balaban J connectivity index is 2.47. The van der Waals surface area contributed by atoms with Gasteiger partial charge in [-0.15, -0.1) is 0 Å². The van der Waals surface area contributed by atoms with Crippen molar-refractivity contribution in [3.63, 3.8) is 0 Å². The summed E-state index contributed by atoms with van der Waals surface area (Å²) in [7, 11) is 0. The van der Waals surface area contributed by atoms with Crippen molar-refractivity contribution in [2.24, 2.45) is 5.92 Å². The molecule has 100 valence electrons. The van der Waals surface area contributed by atoms with E-state index in [0.717, 1.165) is 12.8 Å². The molecule has 0 aromatic heterocycles. The maximum atomic E-state index is 12.0. The summed E-state index contributed by atoms with van der Waals surface area (Å²) in [6.07, 6.45) is 1.67. The first-order chi connectivity index (χ1) is 7.81. The lowest BCUT2D eigenvalue weighted by Gasteiger charge is -2.37. The van der Waals surface area contributed by atoms with Crippen LogP contribution in [0.1, 0.15) is 19.8 Å². The third-order valence-electron chi connectivity index (χ3n) is 2.93. The fraction of sp³-hybridized carbons (Fsp3) is 0.900. The van der Waals surface area contributed by atoms with E-state index in [-0.39, 0.29) is 30.0 Å². The summed E-state index contributed by atoms with van der Waals surface area (Å²) in [6.45, 7) is 2.58. The maximum absolute atomic E-state index is 12.0. The Hall–Kier alpha value is -0.430. The van der Waals surface area contributed by atoms with Crippen molar-refractivity contribution in [2.45, 2.75) is 31.3 Å². The van der Waals surface area contributed by atoms with Gasteiger partial charge in [0.25, 0.3) is 0 Å². The number of nitrogens with zero attached hydrogens (tertiary/aromatic N) is 1. The van der Waals surface area contributed by atoms with Crippen molar-refractivity contribution < 1.29 is 23.1 Å². The molecular weight excluding hydrogens is 255 g/mol. The number of piperidine rings is 1. The molecule has 1 N–H and O–H groups in total. The van der Waals surface area contributed by atoms with Crippen LogP contribution in [-0.2, 0) is 4.79 Å². The van der Waals surface area contributed by atoms with Gasteiger partial charge in [-0.05, 0) is 37.1 Å². The number of carboxylic acids is 1. The molecule has 7 heteroatoms. The minimum Gasteiger partial charge on any atom is -0.480 e. The first-order valence-electron chi connectivity index (χ1n) is 5.49. The van der Waals surface area contributed by atoms with E-state index in [1.807, 2.05) is 6.92 Å².